The second kappa shape index (κ2) is 10.2. The lowest BCUT2D eigenvalue weighted by Crippen LogP contribution is -2.51. The number of nitrogens with zero attached hydrogens (tertiary/aromatic N) is 6. The first kappa shape index (κ1) is 26.2. The van der Waals surface area contributed by atoms with Gasteiger partial charge in [-0.1, -0.05) is 29.8 Å². The van der Waals surface area contributed by atoms with Crippen molar-refractivity contribution in [1.82, 2.24) is 28.6 Å². The number of sulfonamides is 1. The Morgan fingerprint density at radius 3 is 2.65 bits per heavy atom. The van der Waals surface area contributed by atoms with E-state index in [1.807, 2.05) is 55.6 Å². The fourth-order valence-electron chi connectivity index (χ4n) is 4.80. The summed E-state index contributed by atoms with van der Waals surface area (Å²) >= 11 is 6.30. The molecule has 0 saturated carbocycles. The molecule has 5 aromatic rings. The SMILES string of the molecule is CCS(=O)(=O)N1CC(n2cc(-c3ncnc4c3ccn4C(=O)c3ccccc3Nc3cccc(Cl)c3C)cn2)C1. The zero-order chi connectivity index (χ0) is 28.0. The summed E-state index contributed by atoms with van der Waals surface area (Å²) in [6.45, 7) is 4.34. The zero-order valence-electron chi connectivity index (χ0n) is 21.8. The van der Waals surface area contributed by atoms with Crippen molar-refractivity contribution in [3.63, 3.8) is 0 Å². The van der Waals surface area contributed by atoms with Crippen LogP contribution in [0.2, 0.25) is 5.02 Å². The standard InChI is InChI=1S/C28H26ClN7O3S/c1-3-40(38,39)34-15-20(16-34)36-14-19(13-32-36)26-22-11-12-35(27(22)31-17-30-26)28(37)21-7-4-5-9-25(21)33-24-10-6-8-23(29)18(24)2/h4-14,17,20,33H,3,15-16H2,1-2H3. The third kappa shape index (κ3) is 4.55. The van der Waals surface area contributed by atoms with Gasteiger partial charge in [0.15, 0.2) is 5.65 Å². The second-order valence-electron chi connectivity index (χ2n) is 9.61. The van der Waals surface area contributed by atoms with E-state index in [2.05, 4.69) is 20.4 Å². The molecule has 0 spiro atoms. The predicted octanol–water partition coefficient (Wildman–Crippen LogP) is 4.90. The average molecular weight is 576 g/mol. The van der Waals surface area contributed by atoms with Crippen molar-refractivity contribution in [3.05, 3.63) is 89.6 Å². The van der Waals surface area contributed by atoms with Crippen LogP contribution in [0, 0.1) is 6.92 Å². The Morgan fingerprint density at radius 2 is 1.85 bits per heavy atom. The van der Waals surface area contributed by atoms with Crippen LogP contribution in [0.5, 0.6) is 0 Å². The van der Waals surface area contributed by atoms with Gasteiger partial charge in [0.05, 0.1) is 34.9 Å². The molecule has 0 bridgehead atoms. The molecule has 1 aliphatic heterocycles. The molecular formula is C28H26ClN7O3S. The molecule has 6 rings (SSSR count). The number of anilines is 2. The van der Waals surface area contributed by atoms with E-state index in [4.69, 9.17) is 11.6 Å². The highest BCUT2D eigenvalue weighted by molar-refractivity contribution is 7.89. The minimum atomic E-state index is -3.20. The van der Waals surface area contributed by atoms with Crippen LogP contribution >= 0.6 is 11.6 Å². The molecule has 1 N–H and O–H groups in total. The van der Waals surface area contributed by atoms with E-state index in [0.717, 1.165) is 16.8 Å². The number of hydrogen-bond donors (Lipinski definition) is 1. The number of aromatic nitrogens is 5. The predicted molar refractivity (Wildman–Crippen MR) is 154 cm³/mol. The fraction of sp³-hybridized carbons (Fsp3) is 0.214. The van der Waals surface area contributed by atoms with Gasteiger partial charge in [-0.2, -0.15) is 9.40 Å². The number of carbonyl (C=O) groups excluding carboxylic acids is 1. The van der Waals surface area contributed by atoms with Crippen LogP contribution < -0.4 is 5.32 Å². The molecule has 4 heterocycles. The van der Waals surface area contributed by atoms with E-state index < -0.39 is 10.0 Å². The van der Waals surface area contributed by atoms with E-state index >= 15 is 0 Å². The molecular weight excluding hydrogens is 550 g/mol. The monoisotopic (exact) mass is 575 g/mol. The van der Waals surface area contributed by atoms with Crippen molar-refractivity contribution >= 4 is 49.9 Å². The Balaban J connectivity index is 1.29. The number of hydrogen-bond acceptors (Lipinski definition) is 7. The maximum Gasteiger partial charge on any atom is 0.265 e. The molecule has 0 aliphatic carbocycles. The first-order chi connectivity index (χ1) is 19.3. The van der Waals surface area contributed by atoms with Gasteiger partial charge in [0.1, 0.15) is 6.33 Å². The minimum Gasteiger partial charge on any atom is -0.355 e. The summed E-state index contributed by atoms with van der Waals surface area (Å²) in [5, 5.41) is 9.15. The van der Waals surface area contributed by atoms with Crippen molar-refractivity contribution in [3.8, 4) is 11.3 Å². The Labute approximate surface area is 236 Å². The highest BCUT2D eigenvalue weighted by Gasteiger charge is 2.36. The lowest BCUT2D eigenvalue weighted by Gasteiger charge is -2.37. The molecule has 1 aliphatic rings. The van der Waals surface area contributed by atoms with Gasteiger partial charge in [-0.15, -0.1) is 0 Å². The first-order valence-electron chi connectivity index (χ1n) is 12.8. The third-order valence-electron chi connectivity index (χ3n) is 7.23. The molecule has 10 nitrogen and oxygen atoms in total. The fourth-order valence-corrected chi connectivity index (χ4v) is 6.13. The van der Waals surface area contributed by atoms with Crippen molar-refractivity contribution < 1.29 is 13.2 Å². The number of benzene rings is 2. The van der Waals surface area contributed by atoms with Crippen LogP contribution in [0.25, 0.3) is 22.3 Å². The van der Waals surface area contributed by atoms with Gasteiger partial charge >= 0.3 is 0 Å². The summed E-state index contributed by atoms with van der Waals surface area (Å²) in [6.07, 6.45) is 6.67. The lowest BCUT2D eigenvalue weighted by atomic mass is 10.1. The van der Waals surface area contributed by atoms with Crippen molar-refractivity contribution in [2.75, 3.05) is 24.2 Å². The second-order valence-corrected chi connectivity index (χ2v) is 12.3. The molecule has 2 aromatic carbocycles. The molecule has 12 heteroatoms. The molecule has 0 radical (unpaired) electrons. The van der Waals surface area contributed by atoms with E-state index in [1.54, 1.807) is 30.1 Å². The minimum absolute atomic E-state index is 0.0364. The highest BCUT2D eigenvalue weighted by Crippen LogP contribution is 2.31. The number of para-hydroxylation sites is 1. The molecule has 0 unspecified atom stereocenters. The van der Waals surface area contributed by atoms with Crippen molar-refractivity contribution in [2.45, 2.75) is 19.9 Å². The van der Waals surface area contributed by atoms with Crippen LogP contribution in [0.15, 0.2) is 73.4 Å². The van der Waals surface area contributed by atoms with Gasteiger partial charge in [-0.3, -0.25) is 14.0 Å². The van der Waals surface area contributed by atoms with Gasteiger partial charge in [-0.05, 0) is 49.7 Å². The summed E-state index contributed by atoms with van der Waals surface area (Å²) in [6, 6.07) is 14.7. The van der Waals surface area contributed by atoms with Crippen LogP contribution in [0.3, 0.4) is 0 Å². The number of halogens is 1. The lowest BCUT2D eigenvalue weighted by molar-refractivity contribution is 0.0965. The van der Waals surface area contributed by atoms with Crippen LogP contribution in [0.1, 0.15) is 28.9 Å². The summed E-state index contributed by atoms with van der Waals surface area (Å²) in [4.78, 5) is 22.7. The summed E-state index contributed by atoms with van der Waals surface area (Å²) in [5.74, 6) is -0.163. The largest absolute Gasteiger partial charge is 0.355 e. The van der Waals surface area contributed by atoms with Crippen molar-refractivity contribution in [1.29, 1.82) is 0 Å². The number of carbonyl (C=O) groups is 1. The molecule has 3 aromatic heterocycles. The maximum atomic E-state index is 13.8. The van der Waals surface area contributed by atoms with Gasteiger partial charge in [0.2, 0.25) is 10.0 Å². The van der Waals surface area contributed by atoms with Crippen LogP contribution in [-0.2, 0) is 10.0 Å². The molecule has 1 fully saturated rings. The number of rotatable bonds is 7. The molecule has 0 amide bonds. The zero-order valence-corrected chi connectivity index (χ0v) is 23.4. The van der Waals surface area contributed by atoms with Gasteiger partial charge in [-0.25, -0.2) is 18.4 Å². The Bertz CT molecular complexity index is 1860. The Hall–Kier alpha value is -4.06. The summed E-state index contributed by atoms with van der Waals surface area (Å²) in [5.41, 5.74) is 4.69. The normalized spacial score (nSPS) is 14.4. The van der Waals surface area contributed by atoms with Gasteiger partial charge < -0.3 is 5.32 Å². The van der Waals surface area contributed by atoms with Crippen LogP contribution in [0.4, 0.5) is 11.4 Å². The van der Waals surface area contributed by atoms with Gasteiger partial charge in [0, 0.05) is 47.1 Å². The highest BCUT2D eigenvalue weighted by atomic mass is 35.5. The van der Waals surface area contributed by atoms with Crippen LogP contribution in [-0.4, -0.2) is 61.8 Å². The first-order valence-corrected chi connectivity index (χ1v) is 14.8. The van der Waals surface area contributed by atoms with Gasteiger partial charge in [0.25, 0.3) is 5.91 Å². The van der Waals surface area contributed by atoms with E-state index in [0.29, 0.717) is 46.1 Å². The summed E-state index contributed by atoms with van der Waals surface area (Å²) in [7, 11) is -3.20. The molecule has 1 saturated heterocycles. The topological polar surface area (TPSA) is 115 Å². The average Bonchev–Trinajstić information content (AvgIpc) is 3.58. The molecule has 204 valence electrons. The molecule has 0 atom stereocenters. The summed E-state index contributed by atoms with van der Waals surface area (Å²) < 4.78 is 28.9. The Kier molecular flexibility index (Phi) is 6.65. The number of nitrogens with one attached hydrogen (secondary N) is 1. The Morgan fingerprint density at radius 1 is 1.07 bits per heavy atom. The van der Waals surface area contributed by atoms with E-state index in [9.17, 15) is 13.2 Å². The van der Waals surface area contributed by atoms with Crippen molar-refractivity contribution in [2.24, 2.45) is 0 Å². The maximum absolute atomic E-state index is 13.8. The van der Waals surface area contributed by atoms with E-state index in [1.165, 1.54) is 15.2 Å². The number of fused-ring (bicyclic) bond motifs is 1. The quantitative estimate of drug-likeness (QED) is 0.294. The molecule has 40 heavy (non-hydrogen) atoms. The third-order valence-corrected chi connectivity index (χ3v) is 9.45. The smallest absolute Gasteiger partial charge is 0.265 e. The van der Waals surface area contributed by atoms with E-state index in [-0.39, 0.29) is 17.7 Å².